The lowest BCUT2D eigenvalue weighted by Gasteiger charge is -2.29. The Morgan fingerprint density at radius 3 is 2.54 bits per heavy atom. The van der Waals surface area contributed by atoms with E-state index < -0.39 is 5.60 Å². The molecule has 0 heterocycles. The van der Waals surface area contributed by atoms with Crippen LogP contribution in [0.1, 0.15) is 39.3 Å². The Kier molecular flexibility index (Phi) is 9.10. The molecule has 0 aliphatic carbocycles. The first kappa shape index (κ1) is 23.0. The molecule has 0 spiro atoms. The molecule has 5 nitrogen and oxygen atoms in total. The molecule has 0 fully saturated rings. The average Bonchev–Trinajstić information content (AvgIpc) is 2.49. The summed E-state index contributed by atoms with van der Waals surface area (Å²) in [5.41, 5.74) is 0.311. The van der Waals surface area contributed by atoms with Crippen molar-refractivity contribution in [3.8, 4) is 0 Å². The molecule has 0 amide bonds. The number of halogens is 2. The highest BCUT2D eigenvalue weighted by Crippen LogP contribution is 2.26. The summed E-state index contributed by atoms with van der Waals surface area (Å²) < 4.78 is 10.5. The highest BCUT2D eigenvalue weighted by molar-refractivity contribution is 7.80. The monoisotopic (exact) mass is 420 g/mol. The van der Waals surface area contributed by atoms with E-state index in [1.807, 2.05) is 33.8 Å². The largest absolute Gasteiger partial charge is 0.459 e. The molecule has 8 heteroatoms. The van der Waals surface area contributed by atoms with Crippen LogP contribution in [0.2, 0.25) is 10.0 Å². The number of carbonyl (C=O) groups is 1. The third-order valence-electron chi connectivity index (χ3n) is 3.36. The molecule has 0 saturated heterocycles. The minimum atomic E-state index is -0.552. The van der Waals surface area contributed by atoms with E-state index in [9.17, 15) is 4.79 Å². The second-order valence-corrected chi connectivity index (χ2v) is 8.07. The first-order chi connectivity index (χ1) is 12.0. The first-order valence-corrected chi connectivity index (χ1v) is 9.41. The van der Waals surface area contributed by atoms with Gasteiger partial charge in [-0.3, -0.25) is 4.79 Å². The number of hydrogen-bond acceptors (Lipinski definition) is 4. The molecule has 1 unspecified atom stereocenters. The summed E-state index contributed by atoms with van der Waals surface area (Å²) in [5.74, 6) is -0.352. The first-order valence-electron chi connectivity index (χ1n) is 8.24. The molecule has 0 bridgehead atoms. The van der Waals surface area contributed by atoms with Crippen LogP contribution >= 0.6 is 35.4 Å². The van der Waals surface area contributed by atoms with Crippen molar-refractivity contribution in [1.29, 1.82) is 0 Å². The predicted molar refractivity (Wildman–Crippen MR) is 110 cm³/mol. The fourth-order valence-corrected chi connectivity index (χ4v) is 3.10. The second kappa shape index (κ2) is 10.3. The Morgan fingerprint density at radius 1 is 1.35 bits per heavy atom. The average molecular weight is 421 g/mol. The van der Waals surface area contributed by atoms with Gasteiger partial charge in [-0.25, -0.2) is 0 Å². The Bertz CT molecular complexity index is 635. The van der Waals surface area contributed by atoms with Crippen LogP contribution < -0.4 is 5.32 Å². The molecular formula is C18H26Cl2N2O3S. The molecule has 1 rings (SSSR count). The fraction of sp³-hybridized carbons (Fsp3) is 0.556. The van der Waals surface area contributed by atoms with E-state index in [4.69, 9.17) is 44.9 Å². The van der Waals surface area contributed by atoms with Gasteiger partial charge < -0.3 is 19.7 Å². The zero-order valence-electron chi connectivity index (χ0n) is 15.8. The van der Waals surface area contributed by atoms with Crippen molar-refractivity contribution in [2.75, 3.05) is 26.8 Å². The summed E-state index contributed by atoms with van der Waals surface area (Å²) in [5, 5.41) is 4.74. The van der Waals surface area contributed by atoms with Gasteiger partial charge >= 0.3 is 5.97 Å². The number of thiocarbonyl (C=S) groups is 1. The number of carbonyl (C=O) groups excluding carboxylic acids is 1. The van der Waals surface area contributed by atoms with E-state index in [1.165, 1.54) is 0 Å². The molecule has 1 aromatic carbocycles. The van der Waals surface area contributed by atoms with E-state index >= 15 is 0 Å². The van der Waals surface area contributed by atoms with E-state index in [0.717, 1.165) is 5.56 Å². The summed E-state index contributed by atoms with van der Waals surface area (Å²) in [6.45, 7) is 8.34. The quantitative estimate of drug-likeness (QED) is 0.526. The SMILES string of the molecule is COCCN(CC(=O)OC(C)(C)C)C(=S)NC(C)c1ccc(Cl)cc1Cl. The molecule has 1 atom stereocenters. The number of benzene rings is 1. The number of rotatable bonds is 7. The van der Waals surface area contributed by atoms with E-state index in [2.05, 4.69) is 5.32 Å². The van der Waals surface area contributed by atoms with Crippen molar-refractivity contribution in [2.45, 2.75) is 39.3 Å². The topological polar surface area (TPSA) is 50.8 Å². The Balaban J connectivity index is 2.79. The standard InChI is InChI=1S/C18H26Cl2N2O3S/c1-12(14-7-6-13(19)10-15(14)20)21-17(26)22(8-9-24-5)11-16(23)25-18(2,3)4/h6-7,10,12H,8-9,11H2,1-5H3,(H,21,26). The van der Waals surface area contributed by atoms with Crippen LogP contribution in [0, 0.1) is 0 Å². The lowest BCUT2D eigenvalue weighted by molar-refractivity contribution is -0.155. The molecular weight excluding hydrogens is 395 g/mol. The summed E-state index contributed by atoms with van der Waals surface area (Å²) in [7, 11) is 1.60. The second-order valence-electron chi connectivity index (χ2n) is 6.84. The minimum absolute atomic E-state index is 0.0353. The van der Waals surface area contributed by atoms with Gasteiger partial charge in [0, 0.05) is 23.7 Å². The van der Waals surface area contributed by atoms with Gasteiger partial charge in [0.05, 0.1) is 12.6 Å². The van der Waals surface area contributed by atoms with Crippen molar-refractivity contribution >= 4 is 46.5 Å². The summed E-state index contributed by atoms with van der Waals surface area (Å²) in [6.07, 6.45) is 0. The van der Waals surface area contributed by atoms with Gasteiger partial charge in [0.2, 0.25) is 0 Å². The molecule has 1 N–H and O–H groups in total. The van der Waals surface area contributed by atoms with E-state index in [-0.39, 0.29) is 18.6 Å². The highest BCUT2D eigenvalue weighted by atomic mass is 35.5. The fourth-order valence-electron chi connectivity index (χ4n) is 2.19. The van der Waals surface area contributed by atoms with Gasteiger partial charge in [0.15, 0.2) is 5.11 Å². The zero-order chi connectivity index (χ0) is 19.9. The van der Waals surface area contributed by atoms with Crippen molar-refractivity contribution in [3.63, 3.8) is 0 Å². The van der Waals surface area contributed by atoms with Crippen LogP contribution in [0.5, 0.6) is 0 Å². The third-order valence-corrected chi connectivity index (χ3v) is 4.30. The minimum Gasteiger partial charge on any atom is -0.459 e. The third kappa shape index (κ3) is 8.08. The van der Waals surface area contributed by atoms with Crippen LogP contribution in [0.3, 0.4) is 0 Å². The Hall–Kier alpha value is -1.08. The maximum atomic E-state index is 12.2. The van der Waals surface area contributed by atoms with Gasteiger partial charge in [0.1, 0.15) is 12.1 Å². The van der Waals surface area contributed by atoms with Crippen LogP contribution in [-0.2, 0) is 14.3 Å². The normalized spacial score (nSPS) is 12.4. The van der Waals surface area contributed by atoms with Crippen molar-refractivity contribution in [2.24, 2.45) is 0 Å². The molecule has 1 aromatic rings. The predicted octanol–water partition coefficient (Wildman–Crippen LogP) is 4.22. The van der Waals surface area contributed by atoms with Crippen LogP contribution in [0.25, 0.3) is 0 Å². The molecule has 0 saturated carbocycles. The summed E-state index contributed by atoms with van der Waals surface area (Å²) >= 11 is 17.7. The molecule has 0 radical (unpaired) electrons. The van der Waals surface area contributed by atoms with Crippen molar-refractivity contribution < 1.29 is 14.3 Å². The lowest BCUT2D eigenvalue weighted by atomic mass is 10.1. The number of nitrogens with zero attached hydrogens (tertiary/aromatic N) is 1. The maximum absolute atomic E-state index is 12.2. The van der Waals surface area contributed by atoms with E-state index in [1.54, 1.807) is 24.1 Å². The molecule has 0 aromatic heterocycles. The molecule has 26 heavy (non-hydrogen) atoms. The van der Waals surface area contributed by atoms with Crippen LogP contribution in [-0.4, -0.2) is 48.4 Å². The van der Waals surface area contributed by atoms with Gasteiger partial charge in [-0.2, -0.15) is 0 Å². The summed E-state index contributed by atoms with van der Waals surface area (Å²) in [4.78, 5) is 13.9. The molecule has 0 aliphatic rings. The van der Waals surface area contributed by atoms with Crippen molar-refractivity contribution in [3.05, 3.63) is 33.8 Å². The lowest BCUT2D eigenvalue weighted by Crippen LogP contribution is -2.46. The Labute approximate surface area is 170 Å². The maximum Gasteiger partial charge on any atom is 0.326 e. The van der Waals surface area contributed by atoms with Gasteiger partial charge in [0.25, 0.3) is 0 Å². The number of hydrogen-bond donors (Lipinski definition) is 1. The number of nitrogens with one attached hydrogen (secondary N) is 1. The van der Waals surface area contributed by atoms with Gasteiger partial charge in [-0.05, 0) is 57.6 Å². The summed E-state index contributed by atoms with van der Waals surface area (Å²) in [6, 6.07) is 5.14. The van der Waals surface area contributed by atoms with Crippen molar-refractivity contribution in [1.82, 2.24) is 10.2 Å². The Morgan fingerprint density at radius 2 is 2.00 bits per heavy atom. The highest BCUT2D eigenvalue weighted by Gasteiger charge is 2.21. The van der Waals surface area contributed by atoms with Gasteiger partial charge in [-0.1, -0.05) is 29.3 Å². The zero-order valence-corrected chi connectivity index (χ0v) is 18.1. The number of ether oxygens (including phenoxy) is 2. The molecule has 0 aliphatic heterocycles. The van der Waals surface area contributed by atoms with Crippen LogP contribution in [0.15, 0.2) is 18.2 Å². The van der Waals surface area contributed by atoms with Gasteiger partial charge in [-0.15, -0.1) is 0 Å². The number of methoxy groups -OCH3 is 1. The number of esters is 1. The molecule has 146 valence electrons. The van der Waals surface area contributed by atoms with E-state index in [0.29, 0.717) is 28.3 Å². The van der Waals surface area contributed by atoms with Crippen LogP contribution in [0.4, 0.5) is 0 Å². The smallest absolute Gasteiger partial charge is 0.326 e.